The lowest BCUT2D eigenvalue weighted by Crippen LogP contribution is -2.60. The second-order valence-corrected chi connectivity index (χ2v) is 10.3. The maximum atomic E-state index is 6.50. The Morgan fingerprint density at radius 1 is 1.19 bits per heavy atom. The Kier molecular flexibility index (Phi) is 4.35. The molecule has 1 aromatic rings. The number of hydrogen-bond donors (Lipinski definition) is 0. The molecule has 27 heavy (non-hydrogen) atoms. The van der Waals surface area contributed by atoms with Crippen LogP contribution in [0.1, 0.15) is 50.5 Å². The summed E-state index contributed by atoms with van der Waals surface area (Å²) in [6.07, 6.45) is 12.3. The number of ether oxygens (including phenoxy) is 2. The Labute approximate surface area is 166 Å². The van der Waals surface area contributed by atoms with E-state index in [1.807, 2.05) is 6.20 Å². The summed E-state index contributed by atoms with van der Waals surface area (Å²) >= 11 is 1.56. The molecule has 0 aromatic carbocycles. The molecule has 1 unspecified atom stereocenters. The van der Waals surface area contributed by atoms with E-state index in [0.29, 0.717) is 12.2 Å². The van der Waals surface area contributed by atoms with E-state index in [9.17, 15) is 0 Å². The Morgan fingerprint density at radius 3 is 2.78 bits per heavy atom. The third-order valence-electron chi connectivity index (χ3n) is 7.88. The minimum atomic E-state index is 0.0925. The van der Waals surface area contributed by atoms with Gasteiger partial charge < -0.3 is 9.47 Å². The highest BCUT2D eigenvalue weighted by atomic mass is 32.1. The number of nitrogens with zero attached hydrogens (tertiary/aromatic N) is 3. The van der Waals surface area contributed by atoms with Gasteiger partial charge in [0.1, 0.15) is 0 Å². The average Bonchev–Trinajstić information content (AvgIpc) is 3.43. The molecule has 0 radical (unpaired) electrons. The molecule has 0 saturated carbocycles. The van der Waals surface area contributed by atoms with Crippen molar-refractivity contribution in [1.82, 2.24) is 14.2 Å². The van der Waals surface area contributed by atoms with Crippen LogP contribution in [-0.2, 0) is 16.0 Å². The molecule has 5 saturated heterocycles. The number of fused-ring (bicyclic) bond motifs is 4. The predicted octanol–water partition coefficient (Wildman–Crippen LogP) is 2.91. The molecule has 5 fully saturated rings. The molecule has 0 N–H and O–H groups in total. The fourth-order valence-electron chi connectivity index (χ4n) is 6.77. The zero-order valence-corrected chi connectivity index (χ0v) is 16.9. The maximum absolute atomic E-state index is 6.50. The van der Waals surface area contributed by atoms with Crippen molar-refractivity contribution in [3.05, 3.63) is 17.1 Å². The van der Waals surface area contributed by atoms with E-state index in [1.54, 1.807) is 11.5 Å². The summed E-state index contributed by atoms with van der Waals surface area (Å²) in [5.41, 5.74) is 1.45. The molecule has 0 aliphatic carbocycles. The van der Waals surface area contributed by atoms with Crippen LogP contribution in [-0.4, -0.2) is 70.3 Å². The van der Waals surface area contributed by atoms with Crippen molar-refractivity contribution in [2.45, 2.75) is 81.4 Å². The predicted molar refractivity (Wildman–Crippen MR) is 105 cm³/mol. The van der Waals surface area contributed by atoms with Gasteiger partial charge in [0.05, 0.1) is 24.4 Å². The van der Waals surface area contributed by atoms with Crippen LogP contribution in [0.15, 0.2) is 11.6 Å². The van der Waals surface area contributed by atoms with Gasteiger partial charge >= 0.3 is 0 Å². The first-order chi connectivity index (χ1) is 13.3. The first-order valence-corrected chi connectivity index (χ1v) is 11.8. The van der Waals surface area contributed by atoms with Gasteiger partial charge in [0, 0.05) is 55.8 Å². The highest BCUT2D eigenvalue weighted by molar-refractivity contribution is 7.03. The molecule has 0 amide bonds. The van der Waals surface area contributed by atoms with Crippen molar-refractivity contribution in [3.8, 4) is 0 Å². The van der Waals surface area contributed by atoms with Crippen LogP contribution >= 0.6 is 11.5 Å². The van der Waals surface area contributed by atoms with Gasteiger partial charge in [-0.05, 0) is 62.0 Å². The van der Waals surface area contributed by atoms with Crippen molar-refractivity contribution in [2.75, 3.05) is 26.2 Å². The van der Waals surface area contributed by atoms with E-state index in [0.717, 1.165) is 44.2 Å². The minimum absolute atomic E-state index is 0.0925. The number of hydrogen-bond acceptors (Lipinski definition) is 6. The largest absolute Gasteiger partial charge is 0.375 e. The molecule has 6 heteroatoms. The first kappa shape index (κ1) is 17.3. The molecule has 148 valence electrons. The smallest absolute Gasteiger partial charge is 0.0839 e. The van der Waals surface area contributed by atoms with Crippen LogP contribution < -0.4 is 0 Å². The number of piperidine rings is 1. The van der Waals surface area contributed by atoms with Crippen molar-refractivity contribution in [1.29, 1.82) is 0 Å². The molecular formula is C21H31N3O2S. The van der Waals surface area contributed by atoms with E-state index >= 15 is 0 Å². The van der Waals surface area contributed by atoms with Crippen molar-refractivity contribution in [2.24, 2.45) is 5.92 Å². The van der Waals surface area contributed by atoms with E-state index in [2.05, 4.69) is 19.6 Å². The van der Waals surface area contributed by atoms with Gasteiger partial charge in [0.15, 0.2) is 0 Å². The topological polar surface area (TPSA) is 37.8 Å². The Hall–Kier alpha value is -0.530. The van der Waals surface area contributed by atoms with Crippen LogP contribution in [0.3, 0.4) is 0 Å². The van der Waals surface area contributed by atoms with Crippen molar-refractivity contribution < 1.29 is 9.47 Å². The summed E-state index contributed by atoms with van der Waals surface area (Å²) in [4.78, 5) is 5.47. The van der Waals surface area contributed by atoms with Crippen molar-refractivity contribution >= 4 is 11.5 Å². The summed E-state index contributed by atoms with van der Waals surface area (Å²) in [6, 6.07) is 1.45. The first-order valence-electron chi connectivity index (χ1n) is 10.9. The van der Waals surface area contributed by atoms with E-state index in [-0.39, 0.29) is 5.60 Å². The van der Waals surface area contributed by atoms with E-state index < -0.39 is 0 Å². The lowest BCUT2D eigenvalue weighted by Gasteiger charge is -2.51. The van der Waals surface area contributed by atoms with Gasteiger partial charge in [-0.3, -0.25) is 9.80 Å². The second kappa shape index (κ2) is 6.77. The maximum Gasteiger partial charge on any atom is 0.0839 e. The molecule has 6 atom stereocenters. The average molecular weight is 390 g/mol. The minimum Gasteiger partial charge on any atom is -0.375 e. The fourth-order valence-corrected chi connectivity index (χ4v) is 7.30. The third kappa shape index (κ3) is 3.18. The molecule has 1 aromatic heterocycles. The molecule has 5 aliphatic rings. The third-order valence-corrected chi connectivity index (χ3v) is 8.52. The van der Waals surface area contributed by atoms with Gasteiger partial charge in [-0.25, -0.2) is 4.37 Å². The van der Waals surface area contributed by atoms with Crippen LogP contribution in [0, 0.1) is 5.92 Å². The summed E-state index contributed by atoms with van der Waals surface area (Å²) in [5.74, 6) is 0.788. The highest BCUT2D eigenvalue weighted by Crippen LogP contribution is 2.46. The van der Waals surface area contributed by atoms with Crippen LogP contribution in [0.25, 0.3) is 0 Å². The summed E-state index contributed by atoms with van der Waals surface area (Å²) < 4.78 is 16.9. The van der Waals surface area contributed by atoms with Gasteiger partial charge in [0.2, 0.25) is 0 Å². The summed E-state index contributed by atoms with van der Waals surface area (Å²) in [7, 11) is 0. The standard InChI is InChI=1S/C21H31N3O2S/c1-2-18-9-21(14-23(5-6-25-21)11-15-10-22-27-13-15)8-17(1)24(18)12-16-7-19-3-4-20(16)26-19/h10,13,16-20H,1-9,11-12,14H2/t16-,17-,18+,19+,20-,21?/m1/s1. The molecule has 6 rings (SSSR count). The van der Waals surface area contributed by atoms with E-state index in [1.165, 1.54) is 57.1 Å². The summed E-state index contributed by atoms with van der Waals surface area (Å²) in [5, 5.41) is 2.19. The molecule has 1 spiro atoms. The van der Waals surface area contributed by atoms with Crippen LogP contribution in [0.5, 0.6) is 0 Å². The van der Waals surface area contributed by atoms with Gasteiger partial charge in [-0.1, -0.05) is 0 Å². The lowest BCUT2D eigenvalue weighted by atomic mass is 9.82. The number of aromatic nitrogens is 1. The fraction of sp³-hybridized carbons (Fsp3) is 0.857. The SMILES string of the molecule is c1nscc1CN1CCOC2(C[C@H]3CC[C@@H](C2)N3C[C@H]2C[C@@H]3CC[C@H]2O3)C1. The normalized spacial score (nSPS) is 44.5. The van der Waals surface area contributed by atoms with Crippen LogP contribution in [0.2, 0.25) is 0 Å². The van der Waals surface area contributed by atoms with Crippen molar-refractivity contribution in [3.63, 3.8) is 0 Å². The number of rotatable bonds is 4. The van der Waals surface area contributed by atoms with E-state index in [4.69, 9.17) is 9.47 Å². The highest BCUT2D eigenvalue weighted by Gasteiger charge is 2.52. The Morgan fingerprint density at radius 2 is 2.07 bits per heavy atom. The quantitative estimate of drug-likeness (QED) is 0.792. The summed E-state index contributed by atoms with van der Waals surface area (Å²) in [6.45, 7) is 5.34. The van der Waals surface area contributed by atoms with Gasteiger partial charge in [0.25, 0.3) is 0 Å². The molecule has 5 nitrogen and oxygen atoms in total. The zero-order valence-electron chi connectivity index (χ0n) is 16.1. The second-order valence-electron chi connectivity index (χ2n) is 9.63. The Bertz CT molecular complexity index is 654. The van der Waals surface area contributed by atoms with Gasteiger partial charge in [-0.15, -0.1) is 0 Å². The lowest BCUT2D eigenvalue weighted by molar-refractivity contribution is -0.153. The van der Waals surface area contributed by atoms with Gasteiger partial charge in [-0.2, -0.15) is 0 Å². The number of morpholine rings is 1. The molecule has 5 aliphatic heterocycles. The molecular weight excluding hydrogens is 358 g/mol. The zero-order chi connectivity index (χ0) is 17.8. The van der Waals surface area contributed by atoms with Crippen LogP contribution in [0.4, 0.5) is 0 Å². The monoisotopic (exact) mass is 389 g/mol. The Balaban J connectivity index is 1.12. The molecule has 6 heterocycles. The molecule has 4 bridgehead atoms.